The summed E-state index contributed by atoms with van der Waals surface area (Å²) in [5, 5.41) is 3.27. The molecule has 1 heterocycles. The molecule has 1 aliphatic carbocycles. The van der Waals surface area contributed by atoms with Crippen LogP contribution < -0.4 is 10.0 Å². The predicted octanol–water partition coefficient (Wildman–Crippen LogP) is -0.331. The highest BCUT2D eigenvalue weighted by Gasteiger charge is 2.25. The van der Waals surface area contributed by atoms with Crippen molar-refractivity contribution in [3.05, 3.63) is 0 Å². The third kappa shape index (κ3) is 3.41. The highest BCUT2D eigenvalue weighted by atomic mass is 32.2. The van der Waals surface area contributed by atoms with E-state index in [9.17, 15) is 8.42 Å². The smallest absolute Gasteiger partial charge is 0.279 e. The Morgan fingerprint density at radius 2 is 1.80 bits per heavy atom. The van der Waals surface area contributed by atoms with Gasteiger partial charge in [-0.1, -0.05) is 0 Å². The van der Waals surface area contributed by atoms with Gasteiger partial charge in [-0.05, 0) is 25.7 Å². The molecule has 2 aliphatic rings. The van der Waals surface area contributed by atoms with E-state index in [4.69, 9.17) is 0 Å². The molecule has 6 heteroatoms. The minimum absolute atomic E-state index is 0.495. The first-order chi connectivity index (χ1) is 7.18. The van der Waals surface area contributed by atoms with Gasteiger partial charge in [0.05, 0.1) is 0 Å². The van der Waals surface area contributed by atoms with E-state index in [-0.39, 0.29) is 0 Å². The van der Waals surface area contributed by atoms with Crippen LogP contribution in [0.3, 0.4) is 0 Å². The lowest BCUT2D eigenvalue weighted by Gasteiger charge is -2.16. The molecule has 2 rings (SSSR count). The van der Waals surface area contributed by atoms with Crippen LogP contribution in [0.5, 0.6) is 0 Å². The van der Waals surface area contributed by atoms with Crippen molar-refractivity contribution in [3.63, 3.8) is 0 Å². The van der Waals surface area contributed by atoms with Crippen LogP contribution in [-0.4, -0.2) is 44.9 Å². The van der Waals surface area contributed by atoms with Crippen LogP contribution in [0.4, 0.5) is 0 Å². The molecule has 0 aromatic carbocycles. The maximum atomic E-state index is 11.7. The Morgan fingerprint density at radius 1 is 1.13 bits per heavy atom. The molecule has 5 nitrogen and oxygen atoms in total. The maximum absolute atomic E-state index is 11.7. The molecule has 15 heavy (non-hydrogen) atoms. The average Bonchev–Trinajstić information content (AvgIpc) is 2.83. The zero-order chi connectivity index (χ0) is 10.7. The molecule has 1 aliphatic heterocycles. The normalized spacial score (nSPS) is 23.5. The molecule has 0 radical (unpaired) electrons. The van der Waals surface area contributed by atoms with Gasteiger partial charge in [0.2, 0.25) is 0 Å². The maximum Gasteiger partial charge on any atom is 0.279 e. The number of hydrogen-bond acceptors (Lipinski definition) is 3. The van der Waals surface area contributed by atoms with Crippen molar-refractivity contribution in [2.45, 2.75) is 31.7 Å². The molecule has 0 aromatic rings. The molecular formula is C9H19N3O2S. The molecule has 88 valence electrons. The van der Waals surface area contributed by atoms with Gasteiger partial charge in [-0.2, -0.15) is 12.7 Å². The number of hydrogen-bond donors (Lipinski definition) is 2. The average molecular weight is 233 g/mol. The summed E-state index contributed by atoms with van der Waals surface area (Å²) in [7, 11) is -3.19. The standard InChI is InChI=1S/C9H19N3O2S/c13-15(14,12-7-1-2-8-12)11-6-5-10-9-3-4-9/h9-11H,1-8H2. The SMILES string of the molecule is O=S(=O)(NCCNC1CC1)N1CCCC1. The van der Waals surface area contributed by atoms with E-state index in [0.717, 1.165) is 19.4 Å². The lowest BCUT2D eigenvalue weighted by atomic mass is 10.4. The van der Waals surface area contributed by atoms with Crippen LogP contribution in [0.1, 0.15) is 25.7 Å². The third-order valence-electron chi connectivity index (χ3n) is 2.82. The minimum atomic E-state index is -3.19. The Bertz CT molecular complexity index is 294. The molecule has 0 atom stereocenters. The van der Waals surface area contributed by atoms with Gasteiger partial charge in [0, 0.05) is 32.2 Å². The number of rotatable bonds is 6. The van der Waals surface area contributed by atoms with Crippen molar-refractivity contribution < 1.29 is 8.42 Å². The van der Waals surface area contributed by atoms with Crippen LogP contribution in [-0.2, 0) is 10.2 Å². The third-order valence-corrected chi connectivity index (χ3v) is 4.44. The van der Waals surface area contributed by atoms with Crippen molar-refractivity contribution in [1.82, 2.24) is 14.3 Å². The molecule has 1 saturated carbocycles. The molecule has 1 saturated heterocycles. The first-order valence-electron chi connectivity index (χ1n) is 5.66. The van der Waals surface area contributed by atoms with E-state index >= 15 is 0 Å². The van der Waals surface area contributed by atoms with E-state index in [2.05, 4.69) is 10.0 Å². The number of nitrogens with one attached hydrogen (secondary N) is 2. The van der Waals surface area contributed by atoms with Crippen molar-refractivity contribution >= 4 is 10.2 Å². The molecule has 0 unspecified atom stereocenters. The van der Waals surface area contributed by atoms with Crippen LogP contribution in [0, 0.1) is 0 Å². The second-order valence-electron chi connectivity index (χ2n) is 4.23. The summed E-state index contributed by atoms with van der Waals surface area (Å²) < 4.78 is 27.5. The second kappa shape index (κ2) is 4.78. The Balaban J connectivity index is 1.66. The summed E-state index contributed by atoms with van der Waals surface area (Å²) in [6.45, 7) is 2.57. The molecule has 0 spiro atoms. The van der Waals surface area contributed by atoms with Crippen molar-refractivity contribution in [1.29, 1.82) is 0 Å². The highest BCUT2D eigenvalue weighted by Crippen LogP contribution is 2.17. The van der Waals surface area contributed by atoms with Crippen molar-refractivity contribution in [2.75, 3.05) is 26.2 Å². The fraction of sp³-hybridized carbons (Fsp3) is 1.00. The summed E-state index contributed by atoms with van der Waals surface area (Å²) >= 11 is 0. The lowest BCUT2D eigenvalue weighted by molar-refractivity contribution is 0.464. The summed E-state index contributed by atoms with van der Waals surface area (Å²) in [5.41, 5.74) is 0. The van der Waals surface area contributed by atoms with Crippen LogP contribution >= 0.6 is 0 Å². The Morgan fingerprint density at radius 3 is 2.40 bits per heavy atom. The fourth-order valence-electron chi connectivity index (χ4n) is 1.76. The van der Waals surface area contributed by atoms with Gasteiger partial charge in [-0.3, -0.25) is 0 Å². The Labute approximate surface area is 91.4 Å². The predicted molar refractivity (Wildman–Crippen MR) is 58.8 cm³/mol. The van der Waals surface area contributed by atoms with Crippen LogP contribution in [0.25, 0.3) is 0 Å². The minimum Gasteiger partial charge on any atom is -0.313 e. The molecule has 0 bridgehead atoms. The molecular weight excluding hydrogens is 214 g/mol. The largest absolute Gasteiger partial charge is 0.313 e. The Hall–Kier alpha value is -0.170. The van der Waals surface area contributed by atoms with Gasteiger partial charge in [-0.15, -0.1) is 0 Å². The summed E-state index contributed by atoms with van der Waals surface area (Å²) in [6, 6.07) is 0.640. The summed E-state index contributed by atoms with van der Waals surface area (Å²) in [4.78, 5) is 0. The van der Waals surface area contributed by atoms with Gasteiger partial charge >= 0.3 is 0 Å². The van der Waals surface area contributed by atoms with Crippen LogP contribution in [0.15, 0.2) is 0 Å². The topological polar surface area (TPSA) is 61.4 Å². The zero-order valence-electron chi connectivity index (χ0n) is 8.91. The van der Waals surface area contributed by atoms with Crippen molar-refractivity contribution in [2.24, 2.45) is 0 Å². The van der Waals surface area contributed by atoms with Gasteiger partial charge < -0.3 is 5.32 Å². The zero-order valence-corrected chi connectivity index (χ0v) is 9.72. The molecule has 2 N–H and O–H groups in total. The van der Waals surface area contributed by atoms with Crippen molar-refractivity contribution in [3.8, 4) is 0 Å². The fourth-order valence-corrected chi connectivity index (χ4v) is 3.05. The lowest BCUT2D eigenvalue weighted by Crippen LogP contribution is -2.41. The molecule has 0 amide bonds. The van der Waals surface area contributed by atoms with E-state index < -0.39 is 10.2 Å². The number of nitrogens with zero attached hydrogens (tertiary/aromatic N) is 1. The molecule has 2 fully saturated rings. The first-order valence-corrected chi connectivity index (χ1v) is 7.10. The van der Waals surface area contributed by atoms with E-state index in [0.29, 0.717) is 25.7 Å². The van der Waals surface area contributed by atoms with Gasteiger partial charge in [-0.25, -0.2) is 4.72 Å². The van der Waals surface area contributed by atoms with E-state index in [1.165, 1.54) is 17.1 Å². The van der Waals surface area contributed by atoms with E-state index in [1.54, 1.807) is 0 Å². The van der Waals surface area contributed by atoms with Gasteiger partial charge in [0.15, 0.2) is 0 Å². The second-order valence-corrected chi connectivity index (χ2v) is 5.99. The Kier molecular flexibility index (Phi) is 3.60. The summed E-state index contributed by atoms with van der Waals surface area (Å²) in [6.07, 6.45) is 4.44. The summed E-state index contributed by atoms with van der Waals surface area (Å²) in [5.74, 6) is 0. The van der Waals surface area contributed by atoms with E-state index in [1.807, 2.05) is 0 Å². The highest BCUT2D eigenvalue weighted by molar-refractivity contribution is 7.87. The van der Waals surface area contributed by atoms with Crippen LogP contribution in [0.2, 0.25) is 0 Å². The van der Waals surface area contributed by atoms with Gasteiger partial charge in [0.1, 0.15) is 0 Å². The molecule has 0 aromatic heterocycles. The monoisotopic (exact) mass is 233 g/mol. The van der Waals surface area contributed by atoms with Gasteiger partial charge in [0.25, 0.3) is 10.2 Å². The first kappa shape index (κ1) is 11.3. The quantitative estimate of drug-likeness (QED) is 0.618.